The van der Waals surface area contributed by atoms with Crippen molar-refractivity contribution in [3.63, 3.8) is 0 Å². The van der Waals surface area contributed by atoms with Crippen LogP contribution < -0.4 is 5.73 Å². The standard InChI is InChI=1S/C24H25NS.C2H6/c1-16(11-23-12-18(3)24(25)13-17(23)2)15-26-19(4)21-10-9-20-7-5-6-8-22(20)14-21;1-2/h5-10,12-15H,4,11,25H2,1-3H3;1-2H3/b16-15+;. The predicted octanol–water partition coefficient (Wildman–Crippen LogP) is 7.92. The maximum atomic E-state index is 5.99. The second-order valence-corrected chi connectivity index (χ2v) is 7.84. The van der Waals surface area contributed by atoms with E-state index in [4.69, 9.17) is 5.73 Å². The Labute approximate surface area is 174 Å². The Bertz CT molecular complexity index is 998. The molecule has 0 fully saturated rings. The molecule has 0 aliphatic carbocycles. The van der Waals surface area contributed by atoms with Crippen LogP contribution in [0.1, 0.15) is 43.0 Å². The number of anilines is 1. The first kappa shape index (κ1) is 21.8. The molecule has 3 aromatic carbocycles. The van der Waals surface area contributed by atoms with Crippen LogP contribution in [0.25, 0.3) is 15.7 Å². The highest BCUT2D eigenvalue weighted by Gasteiger charge is 2.05. The minimum Gasteiger partial charge on any atom is -0.399 e. The highest BCUT2D eigenvalue weighted by molar-refractivity contribution is 8.10. The fourth-order valence-corrected chi connectivity index (χ4v) is 3.72. The van der Waals surface area contributed by atoms with Crippen molar-refractivity contribution < 1.29 is 0 Å². The number of nitrogens with two attached hydrogens (primary N) is 1. The monoisotopic (exact) mass is 389 g/mol. The number of fused-ring (bicyclic) bond motifs is 1. The molecular weight excluding hydrogens is 358 g/mol. The van der Waals surface area contributed by atoms with E-state index in [0.717, 1.165) is 22.6 Å². The molecule has 0 aliphatic heterocycles. The third-order valence-corrected chi connectivity index (χ3v) is 5.71. The Balaban J connectivity index is 0.00000136. The van der Waals surface area contributed by atoms with Crippen molar-refractivity contribution >= 4 is 33.1 Å². The van der Waals surface area contributed by atoms with Gasteiger partial charge in [-0.15, -0.1) is 0 Å². The third-order valence-electron chi connectivity index (χ3n) is 4.67. The van der Waals surface area contributed by atoms with Gasteiger partial charge in [0.25, 0.3) is 0 Å². The molecule has 0 saturated heterocycles. The van der Waals surface area contributed by atoms with Crippen molar-refractivity contribution in [1.29, 1.82) is 0 Å². The average molecular weight is 390 g/mol. The van der Waals surface area contributed by atoms with Gasteiger partial charge >= 0.3 is 0 Å². The molecule has 0 bridgehead atoms. The van der Waals surface area contributed by atoms with Gasteiger partial charge in [-0.25, -0.2) is 0 Å². The van der Waals surface area contributed by atoms with Crippen LogP contribution in [0.2, 0.25) is 0 Å². The van der Waals surface area contributed by atoms with Crippen LogP contribution in [0.5, 0.6) is 0 Å². The number of benzene rings is 3. The summed E-state index contributed by atoms with van der Waals surface area (Å²) in [6, 6.07) is 19.2. The molecule has 0 unspecified atom stereocenters. The molecule has 0 saturated carbocycles. The molecular formula is C26H31NS. The number of allylic oxidation sites excluding steroid dienone is 1. The Morgan fingerprint density at radius 1 is 0.964 bits per heavy atom. The molecule has 0 amide bonds. The summed E-state index contributed by atoms with van der Waals surface area (Å²) < 4.78 is 0. The van der Waals surface area contributed by atoms with Crippen LogP contribution in [0.3, 0.4) is 0 Å². The molecule has 0 atom stereocenters. The van der Waals surface area contributed by atoms with Crippen LogP contribution in [0.15, 0.2) is 72.2 Å². The minimum absolute atomic E-state index is 0.868. The van der Waals surface area contributed by atoms with Crippen molar-refractivity contribution in [2.24, 2.45) is 0 Å². The molecule has 0 spiro atoms. The molecule has 146 valence electrons. The highest BCUT2D eigenvalue weighted by Crippen LogP contribution is 2.30. The van der Waals surface area contributed by atoms with E-state index >= 15 is 0 Å². The van der Waals surface area contributed by atoms with Gasteiger partial charge in [0.05, 0.1) is 0 Å². The van der Waals surface area contributed by atoms with Gasteiger partial charge < -0.3 is 5.73 Å². The molecule has 2 heteroatoms. The van der Waals surface area contributed by atoms with E-state index in [0.29, 0.717) is 0 Å². The van der Waals surface area contributed by atoms with Crippen LogP contribution in [-0.2, 0) is 6.42 Å². The topological polar surface area (TPSA) is 26.0 Å². The number of hydrogen-bond acceptors (Lipinski definition) is 2. The Morgan fingerprint density at radius 2 is 1.64 bits per heavy atom. The molecule has 28 heavy (non-hydrogen) atoms. The first-order chi connectivity index (χ1) is 13.4. The van der Waals surface area contributed by atoms with Gasteiger partial charge in [0.2, 0.25) is 0 Å². The summed E-state index contributed by atoms with van der Waals surface area (Å²) in [7, 11) is 0. The quantitative estimate of drug-likeness (QED) is 0.448. The molecule has 2 N–H and O–H groups in total. The zero-order valence-electron chi connectivity index (χ0n) is 17.7. The Kier molecular flexibility index (Phi) is 7.95. The lowest BCUT2D eigenvalue weighted by molar-refractivity contribution is 1.11. The summed E-state index contributed by atoms with van der Waals surface area (Å²) in [6.45, 7) is 14.6. The van der Waals surface area contributed by atoms with E-state index in [1.165, 1.54) is 33.0 Å². The highest BCUT2D eigenvalue weighted by atomic mass is 32.2. The minimum atomic E-state index is 0.868. The van der Waals surface area contributed by atoms with Crippen LogP contribution in [0, 0.1) is 13.8 Å². The molecule has 0 aliphatic rings. The van der Waals surface area contributed by atoms with E-state index < -0.39 is 0 Å². The van der Waals surface area contributed by atoms with Crippen LogP contribution in [-0.4, -0.2) is 0 Å². The number of nitrogen functional groups attached to an aromatic ring is 1. The Morgan fingerprint density at radius 3 is 2.36 bits per heavy atom. The average Bonchev–Trinajstić information content (AvgIpc) is 2.71. The normalized spacial score (nSPS) is 11.1. The van der Waals surface area contributed by atoms with Gasteiger partial charge in [0.15, 0.2) is 0 Å². The molecule has 3 aromatic rings. The van der Waals surface area contributed by atoms with Crippen LogP contribution in [0.4, 0.5) is 5.69 Å². The van der Waals surface area contributed by atoms with Crippen molar-refractivity contribution in [3.8, 4) is 0 Å². The fraction of sp³-hybridized carbons (Fsp3) is 0.231. The fourth-order valence-electron chi connectivity index (χ4n) is 3.03. The van der Waals surface area contributed by atoms with Gasteiger partial charge in [-0.05, 0) is 77.8 Å². The van der Waals surface area contributed by atoms with E-state index in [9.17, 15) is 0 Å². The van der Waals surface area contributed by atoms with Gasteiger partial charge in [0, 0.05) is 10.6 Å². The number of rotatable bonds is 5. The number of hydrogen-bond donors (Lipinski definition) is 1. The van der Waals surface area contributed by atoms with E-state index in [-0.39, 0.29) is 0 Å². The predicted molar refractivity (Wildman–Crippen MR) is 130 cm³/mol. The maximum Gasteiger partial charge on any atom is 0.0346 e. The summed E-state index contributed by atoms with van der Waals surface area (Å²) >= 11 is 1.70. The molecule has 0 radical (unpaired) electrons. The lowest BCUT2D eigenvalue weighted by atomic mass is 9.99. The van der Waals surface area contributed by atoms with Crippen molar-refractivity contribution in [3.05, 3.63) is 94.4 Å². The number of thioether (sulfide) groups is 1. The van der Waals surface area contributed by atoms with E-state index in [2.05, 4.69) is 87.4 Å². The van der Waals surface area contributed by atoms with Gasteiger partial charge in [-0.3, -0.25) is 0 Å². The van der Waals surface area contributed by atoms with E-state index in [1.54, 1.807) is 11.8 Å². The van der Waals surface area contributed by atoms with Gasteiger partial charge in [-0.2, -0.15) is 0 Å². The molecule has 3 rings (SSSR count). The van der Waals surface area contributed by atoms with Crippen molar-refractivity contribution in [1.82, 2.24) is 0 Å². The Hall–Kier alpha value is -2.45. The summed E-state index contributed by atoms with van der Waals surface area (Å²) in [5.74, 6) is 0. The summed E-state index contributed by atoms with van der Waals surface area (Å²) in [4.78, 5) is 1.07. The number of aryl methyl sites for hydroxylation is 2. The second-order valence-electron chi connectivity index (χ2n) is 6.88. The van der Waals surface area contributed by atoms with E-state index in [1.807, 2.05) is 13.8 Å². The molecule has 0 heterocycles. The maximum absolute atomic E-state index is 5.99. The smallest absolute Gasteiger partial charge is 0.0346 e. The third kappa shape index (κ3) is 5.53. The van der Waals surface area contributed by atoms with Crippen molar-refractivity contribution in [2.45, 2.75) is 41.0 Å². The van der Waals surface area contributed by atoms with Crippen molar-refractivity contribution in [2.75, 3.05) is 5.73 Å². The molecule has 0 aromatic heterocycles. The lowest BCUT2D eigenvalue weighted by Crippen LogP contribution is -1.96. The summed E-state index contributed by atoms with van der Waals surface area (Å²) in [5.41, 5.74) is 13.1. The SMILES string of the molecule is C=C(S/C=C(\C)Cc1cc(C)c(N)cc1C)c1ccc2ccccc2c1.CC. The first-order valence-electron chi connectivity index (χ1n) is 9.80. The summed E-state index contributed by atoms with van der Waals surface area (Å²) in [5, 5.41) is 4.72. The lowest BCUT2D eigenvalue weighted by Gasteiger charge is -2.10. The van der Waals surface area contributed by atoms with Crippen LogP contribution >= 0.6 is 11.8 Å². The second kappa shape index (κ2) is 10.2. The molecule has 1 nitrogen and oxygen atoms in total. The summed E-state index contributed by atoms with van der Waals surface area (Å²) in [6.07, 6.45) is 0.935. The van der Waals surface area contributed by atoms with Gasteiger partial charge in [-0.1, -0.05) is 80.2 Å². The van der Waals surface area contributed by atoms with Gasteiger partial charge in [0.1, 0.15) is 0 Å². The zero-order chi connectivity index (χ0) is 20.7. The zero-order valence-corrected chi connectivity index (χ0v) is 18.5. The first-order valence-corrected chi connectivity index (χ1v) is 10.7. The largest absolute Gasteiger partial charge is 0.399 e.